The number of thiazole rings is 1. The average molecular weight is 300 g/mol. The van der Waals surface area contributed by atoms with Gasteiger partial charge in [0, 0.05) is 23.4 Å². The van der Waals surface area contributed by atoms with E-state index >= 15 is 0 Å². The van der Waals surface area contributed by atoms with E-state index in [9.17, 15) is 0 Å². The van der Waals surface area contributed by atoms with Crippen molar-refractivity contribution in [3.05, 3.63) is 40.2 Å². The van der Waals surface area contributed by atoms with Crippen LogP contribution in [0, 0.1) is 5.92 Å². The molecule has 2 aromatic rings. The first-order valence-electron chi connectivity index (χ1n) is 7.98. The molecule has 0 aliphatic carbocycles. The maximum Gasteiger partial charge on any atom is 0.0948 e. The Morgan fingerprint density at radius 1 is 1.29 bits per heavy atom. The predicted octanol–water partition coefficient (Wildman–Crippen LogP) is 4.30. The van der Waals surface area contributed by atoms with Crippen molar-refractivity contribution in [3.8, 4) is 11.3 Å². The molecule has 1 atom stereocenters. The SMILES string of the molecule is CC(C)Cc1ccc(-c2csc(CC3CCCN3)n2)cc1. The number of hydrogen-bond donors (Lipinski definition) is 1. The minimum absolute atomic E-state index is 0.636. The van der Waals surface area contributed by atoms with E-state index in [1.807, 2.05) is 0 Å². The molecule has 2 nitrogen and oxygen atoms in total. The van der Waals surface area contributed by atoms with Gasteiger partial charge in [0.15, 0.2) is 0 Å². The summed E-state index contributed by atoms with van der Waals surface area (Å²) in [5.41, 5.74) is 3.79. The first-order valence-corrected chi connectivity index (χ1v) is 8.86. The van der Waals surface area contributed by atoms with Crippen LogP contribution in [0.3, 0.4) is 0 Å². The van der Waals surface area contributed by atoms with Gasteiger partial charge in [-0.2, -0.15) is 0 Å². The minimum Gasteiger partial charge on any atom is -0.314 e. The molecule has 1 aliphatic rings. The molecular weight excluding hydrogens is 276 g/mol. The molecule has 1 unspecified atom stereocenters. The lowest BCUT2D eigenvalue weighted by Gasteiger charge is -2.06. The molecule has 2 heterocycles. The highest BCUT2D eigenvalue weighted by molar-refractivity contribution is 7.09. The monoisotopic (exact) mass is 300 g/mol. The van der Waals surface area contributed by atoms with Gasteiger partial charge >= 0.3 is 0 Å². The van der Waals surface area contributed by atoms with Crippen molar-refractivity contribution in [1.82, 2.24) is 10.3 Å². The summed E-state index contributed by atoms with van der Waals surface area (Å²) < 4.78 is 0. The largest absolute Gasteiger partial charge is 0.314 e. The van der Waals surface area contributed by atoms with Gasteiger partial charge in [0.25, 0.3) is 0 Å². The van der Waals surface area contributed by atoms with Crippen LogP contribution >= 0.6 is 11.3 Å². The van der Waals surface area contributed by atoms with E-state index in [2.05, 4.69) is 48.8 Å². The van der Waals surface area contributed by atoms with Crippen LogP contribution in [0.1, 0.15) is 37.3 Å². The summed E-state index contributed by atoms with van der Waals surface area (Å²) in [5.74, 6) is 0.709. The average Bonchev–Trinajstić information content (AvgIpc) is 3.11. The van der Waals surface area contributed by atoms with E-state index in [0.29, 0.717) is 12.0 Å². The van der Waals surface area contributed by atoms with E-state index in [1.54, 1.807) is 11.3 Å². The Labute approximate surface area is 131 Å². The molecule has 21 heavy (non-hydrogen) atoms. The third kappa shape index (κ3) is 3.92. The van der Waals surface area contributed by atoms with Crippen LogP contribution in [-0.4, -0.2) is 17.6 Å². The van der Waals surface area contributed by atoms with Crippen molar-refractivity contribution in [3.63, 3.8) is 0 Å². The molecule has 0 bridgehead atoms. The maximum absolute atomic E-state index is 4.81. The van der Waals surface area contributed by atoms with Gasteiger partial charge < -0.3 is 5.32 Å². The Kier molecular flexibility index (Phi) is 4.71. The molecule has 0 amide bonds. The molecular formula is C18H24N2S. The molecule has 3 heteroatoms. The smallest absolute Gasteiger partial charge is 0.0948 e. The van der Waals surface area contributed by atoms with Crippen molar-refractivity contribution in [2.45, 2.75) is 45.6 Å². The zero-order valence-electron chi connectivity index (χ0n) is 12.9. The molecule has 1 aromatic heterocycles. The zero-order chi connectivity index (χ0) is 14.7. The van der Waals surface area contributed by atoms with Crippen molar-refractivity contribution < 1.29 is 0 Å². The molecule has 1 fully saturated rings. The first kappa shape index (κ1) is 14.7. The molecule has 112 valence electrons. The third-order valence-electron chi connectivity index (χ3n) is 4.03. The lowest BCUT2D eigenvalue weighted by molar-refractivity contribution is 0.601. The van der Waals surface area contributed by atoms with E-state index in [4.69, 9.17) is 4.98 Å². The lowest BCUT2D eigenvalue weighted by atomic mass is 10.0. The van der Waals surface area contributed by atoms with Gasteiger partial charge in [0.05, 0.1) is 10.7 Å². The van der Waals surface area contributed by atoms with Crippen LogP contribution in [-0.2, 0) is 12.8 Å². The van der Waals surface area contributed by atoms with Crippen molar-refractivity contribution in [2.75, 3.05) is 6.54 Å². The highest BCUT2D eigenvalue weighted by Crippen LogP contribution is 2.24. The fourth-order valence-electron chi connectivity index (χ4n) is 2.96. The Morgan fingerprint density at radius 3 is 2.76 bits per heavy atom. The van der Waals surface area contributed by atoms with Gasteiger partial charge in [0.2, 0.25) is 0 Å². The standard InChI is InChI=1S/C18H24N2S/c1-13(2)10-14-5-7-15(8-6-14)17-12-21-18(20-17)11-16-4-3-9-19-16/h5-8,12-13,16,19H,3-4,9-11H2,1-2H3. The van der Waals surface area contributed by atoms with E-state index in [-0.39, 0.29) is 0 Å². The van der Waals surface area contributed by atoms with Crippen LogP contribution < -0.4 is 5.32 Å². The quantitative estimate of drug-likeness (QED) is 0.890. The van der Waals surface area contributed by atoms with Gasteiger partial charge in [-0.3, -0.25) is 0 Å². The van der Waals surface area contributed by atoms with Gasteiger partial charge in [-0.15, -0.1) is 11.3 Å². The summed E-state index contributed by atoms with van der Waals surface area (Å²) in [4.78, 5) is 4.81. The van der Waals surface area contributed by atoms with Crippen LogP contribution in [0.25, 0.3) is 11.3 Å². The van der Waals surface area contributed by atoms with Gasteiger partial charge in [0.1, 0.15) is 0 Å². The second kappa shape index (κ2) is 6.71. The molecule has 0 spiro atoms. The van der Waals surface area contributed by atoms with Crippen molar-refractivity contribution in [2.24, 2.45) is 5.92 Å². The third-order valence-corrected chi connectivity index (χ3v) is 4.90. The summed E-state index contributed by atoms with van der Waals surface area (Å²) in [7, 11) is 0. The molecule has 0 radical (unpaired) electrons. The summed E-state index contributed by atoms with van der Waals surface area (Å²) >= 11 is 1.79. The molecule has 1 saturated heterocycles. The number of rotatable bonds is 5. The van der Waals surface area contributed by atoms with Crippen LogP contribution in [0.2, 0.25) is 0 Å². The Morgan fingerprint density at radius 2 is 2.10 bits per heavy atom. The minimum atomic E-state index is 0.636. The molecule has 3 rings (SSSR count). The van der Waals surface area contributed by atoms with Crippen LogP contribution in [0.5, 0.6) is 0 Å². The maximum atomic E-state index is 4.81. The molecule has 1 aromatic carbocycles. The summed E-state index contributed by atoms with van der Waals surface area (Å²) in [6.07, 6.45) is 4.82. The van der Waals surface area contributed by atoms with Gasteiger partial charge in [-0.1, -0.05) is 38.1 Å². The predicted molar refractivity (Wildman–Crippen MR) is 90.8 cm³/mol. The topological polar surface area (TPSA) is 24.9 Å². The van der Waals surface area contributed by atoms with Crippen molar-refractivity contribution >= 4 is 11.3 Å². The number of nitrogens with zero attached hydrogens (tertiary/aromatic N) is 1. The summed E-state index contributed by atoms with van der Waals surface area (Å²) in [6.45, 7) is 5.69. The lowest BCUT2D eigenvalue weighted by Crippen LogP contribution is -2.23. The molecule has 1 aliphatic heterocycles. The second-order valence-electron chi connectivity index (χ2n) is 6.42. The highest BCUT2D eigenvalue weighted by Gasteiger charge is 2.16. The van der Waals surface area contributed by atoms with E-state index in [0.717, 1.165) is 18.5 Å². The Balaban J connectivity index is 1.67. The fraction of sp³-hybridized carbons (Fsp3) is 0.500. The highest BCUT2D eigenvalue weighted by atomic mass is 32.1. The molecule has 1 N–H and O–H groups in total. The van der Waals surface area contributed by atoms with Gasteiger partial charge in [-0.05, 0) is 37.3 Å². The zero-order valence-corrected chi connectivity index (χ0v) is 13.7. The first-order chi connectivity index (χ1) is 10.2. The number of hydrogen-bond acceptors (Lipinski definition) is 3. The number of benzene rings is 1. The number of aromatic nitrogens is 1. The fourth-order valence-corrected chi connectivity index (χ4v) is 3.85. The van der Waals surface area contributed by atoms with E-state index in [1.165, 1.54) is 35.5 Å². The van der Waals surface area contributed by atoms with Crippen molar-refractivity contribution in [1.29, 1.82) is 0 Å². The normalized spacial score (nSPS) is 18.5. The summed E-state index contributed by atoms with van der Waals surface area (Å²) in [5, 5.41) is 7.00. The molecule has 0 saturated carbocycles. The van der Waals surface area contributed by atoms with Gasteiger partial charge in [-0.25, -0.2) is 4.98 Å². The second-order valence-corrected chi connectivity index (χ2v) is 7.36. The number of nitrogens with one attached hydrogen (secondary N) is 1. The summed E-state index contributed by atoms with van der Waals surface area (Å²) in [6, 6.07) is 9.55. The Hall–Kier alpha value is -1.19. The van der Waals surface area contributed by atoms with Crippen LogP contribution in [0.4, 0.5) is 0 Å². The van der Waals surface area contributed by atoms with Crippen LogP contribution in [0.15, 0.2) is 29.6 Å². The Bertz CT molecular complexity index is 565. The van der Waals surface area contributed by atoms with E-state index < -0.39 is 0 Å².